The zero-order valence-corrected chi connectivity index (χ0v) is 15.1. The highest BCUT2D eigenvalue weighted by atomic mass is 16.2. The molecule has 26 heavy (non-hydrogen) atoms. The third-order valence-electron chi connectivity index (χ3n) is 5.70. The van der Waals surface area contributed by atoms with Crippen molar-refractivity contribution in [3.63, 3.8) is 0 Å². The molecule has 4 heteroatoms. The summed E-state index contributed by atoms with van der Waals surface area (Å²) in [6, 6.07) is 18.3. The molecule has 0 N–H and O–H groups in total. The van der Waals surface area contributed by atoms with Crippen molar-refractivity contribution in [3.05, 3.63) is 65.2 Å². The minimum Gasteiger partial charge on any atom is -0.374 e. The fourth-order valence-corrected chi connectivity index (χ4v) is 4.30. The van der Waals surface area contributed by atoms with E-state index in [1.165, 1.54) is 11.3 Å². The number of anilines is 1. The van der Waals surface area contributed by atoms with Gasteiger partial charge in [0.1, 0.15) is 0 Å². The predicted octanol–water partition coefficient (Wildman–Crippen LogP) is 3.59. The van der Waals surface area contributed by atoms with Crippen LogP contribution >= 0.6 is 0 Å². The standard InChI is InChI=1S/C22H23N3O/c1-24-13-11-17-14-18(9-10-20(17)24)22(26)25-12-5-8-21(25)19(15-23)16-6-3-2-4-7-16/h2-4,6-7,9-10,14,19,21H,5,8,11-13H2,1H3. The van der Waals surface area contributed by atoms with Gasteiger partial charge in [-0.15, -0.1) is 0 Å². The van der Waals surface area contributed by atoms with Crippen LogP contribution in [0.15, 0.2) is 48.5 Å². The highest BCUT2D eigenvalue weighted by Gasteiger charge is 2.36. The SMILES string of the molecule is CN1CCc2cc(C(=O)N3CCCC3C(C#N)c3ccccc3)ccc21. The molecule has 0 spiro atoms. The van der Waals surface area contributed by atoms with Crippen molar-refractivity contribution in [1.29, 1.82) is 5.26 Å². The lowest BCUT2D eigenvalue weighted by Gasteiger charge is -2.28. The molecule has 0 aliphatic carbocycles. The van der Waals surface area contributed by atoms with Gasteiger partial charge in [0.05, 0.1) is 18.0 Å². The van der Waals surface area contributed by atoms with E-state index in [1.54, 1.807) is 0 Å². The number of carbonyl (C=O) groups excluding carboxylic acids is 1. The van der Waals surface area contributed by atoms with Crippen molar-refractivity contribution in [3.8, 4) is 6.07 Å². The van der Waals surface area contributed by atoms with Gasteiger partial charge in [0.2, 0.25) is 0 Å². The Hall–Kier alpha value is -2.80. The van der Waals surface area contributed by atoms with Gasteiger partial charge in [-0.2, -0.15) is 5.26 Å². The first kappa shape index (κ1) is 16.7. The van der Waals surface area contributed by atoms with Crippen molar-refractivity contribution >= 4 is 11.6 Å². The monoisotopic (exact) mass is 345 g/mol. The summed E-state index contributed by atoms with van der Waals surface area (Å²) in [5, 5.41) is 9.77. The van der Waals surface area contributed by atoms with E-state index in [0.717, 1.165) is 43.5 Å². The number of hydrogen-bond donors (Lipinski definition) is 0. The summed E-state index contributed by atoms with van der Waals surface area (Å²) in [5.41, 5.74) is 4.21. The molecule has 2 aromatic rings. The number of likely N-dealkylation sites (tertiary alicyclic amines) is 1. The van der Waals surface area contributed by atoms with Crippen molar-refractivity contribution in [2.45, 2.75) is 31.2 Å². The molecule has 0 radical (unpaired) electrons. The van der Waals surface area contributed by atoms with E-state index in [9.17, 15) is 10.1 Å². The molecule has 4 nitrogen and oxygen atoms in total. The summed E-state index contributed by atoms with van der Waals surface area (Å²) in [7, 11) is 2.08. The zero-order chi connectivity index (χ0) is 18.1. The molecule has 0 aromatic heterocycles. The van der Waals surface area contributed by atoms with E-state index in [4.69, 9.17) is 0 Å². The maximum atomic E-state index is 13.2. The molecule has 2 unspecified atom stereocenters. The molecule has 0 bridgehead atoms. The molecule has 1 saturated heterocycles. The predicted molar refractivity (Wildman–Crippen MR) is 102 cm³/mol. The van der Waals surface area contributed by atoms with E-state index in [0.29, 0.717) is 0 Å². The van der Waals surface area contributed by atoms with Gasteiger partial charge in [0, 0.05) is 31.4 Å². The minimum absolute atomic E-state index is 0.0502. The normalized spacial score (nSPS) is 19.9. The molecule has 2 heterocycles. The second-order valence-electron chi connectivity index (χ2n) is 7.24. The van der Waals surface area contributed by atoms with Crippen molar-refractivity contribution in [2.75, 3.05) is 25.0 Å². The van der Waals surface area contributed by atoms with Crippen molar-refractivity contribution in [2.24, 2.45) is 0 Å². The van der Waals surface area contributed by atoms with Crippen LogP contribution in [0.5, 0.6) is 0 Å². The first-order valence-corrected chi connectivity index (χ1v) is 9.28. The topological polar surface area (TPSA) is 47.3 Å². The quantitative estimate of drug-likeness (QED) is 0.854. The van der Waals surface area contributed by atoms with Crippen molar-refractivity contribution < 1.29 is 4.79 Å². The van der Waals surface area contributed by atoms with Crippen LogP contribution in [0.4, 0.5) is 5.69 Å². The highest BCUT2D eigenvalue weighted by Crippen LogP contribution is 2.33. The summed E-state index contributed by atoms with van der Waals surface area (Å²) in [6.07, 6.45) is 2.82. The lowest BCUT2D eigenvalue weighted by Crippen LogP contribution is -2.39. The second kappa shape index (κ2) is 6.84. The number of likely N-dealkylation sites (N-methyl/N-ethyl adjacent to an activating group) is 1. The van der Waals surface area contributed by atoms with Gasteiger partial charge in [-0.25, -0.2) is 0 Å². The van der Waals surface area contributed by atoms with Crippen LogP contribution in [-0.2, 0) is 6.42 Å². The molecule has 2 aromatic carbocycles. The lowest BCUT2D eigenvalue weighted by molar-refractivity contribution is 0.0728. The number of fused-ring (bicyclic) bond motifs is 1. The smallest absolute Gasteiger partial charge is 0.254 e. The van der Waals surface area contributed by atoms with Crippen LogP contribution in [0.25, 0.3) is 0 Å². The Morgan fingerprint density at radius 2 is 2.00 bits per heavy atom. The number of benzene rings is 2. The summed E-state index contributed by atoms with van der Waals surface area (Å²) < 4.78 is 0. The van der Waals surface area contributed by atoms with Crippen molar-refractivity contribution in [1.82, 2.24) is 4.90 Å². The molecule has 1 fully saturated rings. The maximum Gasteiger partial charge on any atom is 0.254 e. The Balaban J connectivity index is 1.60. The van der Waals surface area contributed by atoms with Crippen LogP contribution < -0.4 is 4.90 Å². The van der Waals surface area contributed by atoms with E-state index >= 15 is 0 Å². The first-order chi connectivity index (χ1) is 12.7. The number of hydrogen-bond acceptors (Lipinski definition) is 3. The van der Waals surface area contributed by atoms with Crippen LogP contribution in [0.2, 0.25) is 0 Å². The fraction of sp³-hybridized carbons (Fsp3) is 0.364. The van der Waals surface area contributed by atoms with Gasteiger partial charge in [-0.1, -0.05) is 30.3 Å². The fourth-order valence-electron chi connectivity index (χ4n) is 4.30. The van der Waals surface area contributed by atoms with Crippen LogP contribution in [0, 0.1) is 11.3 Å². The average molecular weight is 345 g/mol. The van der Waals surface area contributed by atoms with Gasteiger partial charge in [-0.3, -0.25) is 4.79 Å². The van der Waals surface area contributed by atoms with Gasteiger partial charge in [0.25, 0.3) is 5.91 Å². The number of carbonyl (C=O) groups is 1. The molecule has 2 atom stereocenters. The number of nitrogens with zero attached hydrogens (tertiary/aromatic N) is 3. The van der Waals surface area contributed by atoms with E-state index in [1.807, 2.05) is 47.4 Å². The Kier molecular flexibility index (Phi) is 4.38. The zero-order valence-electron chi connectivity index (χ0n) is 15.1. The van der Waals surface area contributed by atoms with Crippen LogP contribution in [-0.4, -0.2) is 37.0 Å². The summed E-state index contributed by atoms with van der Waals surface area (Å²) in [5.74, 6) is -0.218. The average Bonchev–Trinajstić information content (AvgIpc) is 3.30. The van der Waals surface area contributed by atoms with Gasteiger partial charge < -0.3 is 9.80 Å². The molecule has 4 rings (SSSR count). The Morgan fingerprint density at radius 1 is 1.19 bits per heavy atom. The summed E-state index contributed by atoms with van der Waals surface area (Å²) in [6.45, 7) is 1.73. The Labute approximate surface area is 154 Å². The Morgan fingerprint density at radius 3 is 2.77 bits per heavy atom. The molecular formula is C22H23N3O. The number of amides is 1. The van der Waals surface area contributed by atoms with Crippen LogP contribution in [0.3, 0.4) is 0 Å². The minimum atomic E-state index is -0.275. The molecular weight excluding hydrogens is 322 g/mol. The van der Waals surface area contributed by atoms with E-state index in [2.05, 4.69) is 24.1 Å². The molecule has 0 saturated carbocycles. The summed E-state index contributed by atoms with van der Waals surface area (Å²) in [4.78, 5) is 17.3. The van der Waals surface area contributed by atoms with Gasteiger partial charge >= 0.3 is 0 Å². The second-order valence-corrected chi connectivity index (χ2v) is 7.24. The van der Waals surface area contributed by atoms with E-state index in [-0.39, 0.29) is 17.9 Å². The number of rotatable bonds is 3. The highest BCUT2D eigenvalue weighted by molar-refractivity contribution is 5.95. The molecule has 2 aliphatic rings. The number of nitriles is 1. The van der Waals surface area contributed by atoms with E-state index < -0.39 is 0 Å². The Bertz CT molecular complexity index is 855. The maximum absolute atomic E-state index is 13.2. The molecule has 2 aliphatic heterocycles. The third kappa shape index (κ3) is 2.84. The lowest BCUT2D eigenvalue weighted by atomic mass is 9.91. The first-order valence-electron chi connectivity index (χ1n) is 9.28. The molecule has 1 amide bonds. The van der Waals surface area contributed by atoms with Gasteiger partial charge in [0.15, 0.2) is 0 Å². The van der Waals surface area contributed by atoms with Gasteiger partial charge in [-0.05, 0) is 48.6 Å². The molecule has 132 valence electrons. The summed E-state index contributed by atoms with van der Waals surface area (Å²) >= 11 is 0. The third-order valence-corrected chi connectivity index (χ3v) is 5.70. The van der Waals surface area contributed by atoms with Crippen LogP contribution in [0.1, 0.15) is 40.2 Å². The largest absolute Gasteiger partial charge is 0.374 e.